The number of halogens is 1. The van der Waals surface area contributed by atoms with E-state index >= 15 is 0 Å². The van der Waals surface area contributed by atoms with E-state index in [2.05, 4.69) is 10.5 Å². The van der Waals surface area contributed by atoms with Crippen LogP contribution in [0.1, 0.15) is 11.1 Å². The Morgan fingerprint density at radius 3 is 2.67 bits per heavy atom. The van der Waals surface area contributed by atoms with Crippen LogP contribution in [0, 0.1) is 17.0 Å². The Morgan fingerprint density at radius 1 is 1.33 bits per heavy atom. The van der Waals surface area contributed by atoms with Crippen LogP contribution in [0.25, 0.3) is 0 Å². The number of aryl methyl sites for hydroxylation is 1. The molecular weight excluding hydrogens is 334 g/mol. The van der Waals surface area contributed by atoms with Crippen LogP contribution in [0.4, 0.5) is 5.69 Å². The molecule has 0 aliphatic rings. The van der Waals surface area contributed by atoms with E-state index in [1.807, 2.05) is 6.92 Å². The molecule has 1 amide bonds. The van der Waals surface area contributed by atoms with Crippen LogP contribution in [-0.4, -0.2) is 23.7 Å². The number of carbonyl (C=O) groups excluding carboxylic acids is 1. The van der Waals surface area contributed by atoms with Gasteiger partial charge in [-0.25, -0.2) is 5.43 Å². The van der Waals surface area contributed by atoms with Gasteiger partial charge in [0.05, 0.1) is 11.1 Å². The molecule has 8 heteroatoms. The number of hydrogen-bond donors (Lipinski definition) is 1. The standard InChI is InChI=1S/C16H14ClN3O4/c1-11-8-13(17)4-7-15(11)24-10-16(21)19-18-9-12-2-5-14(6-3-12)20(22)23/h2-9H,10H2,1H3,(H,19,21)/b18-9-. The van der Waals surface area contributed by atoms with Crippen molar-refractivity contribution in [2.75, 3.05) is 6.61 Å². The first-order valence-corrected chi connectivity index (χ1v) is 7.29. The molecule has 0 saturated heterocycles. The molecule has 2 aromatic carbocycles. The van der Waals surface area contributed by atoms with E-state index in [9.17, 15) is 14.9 Å². The third-order valence-corrected chi connectivity index (χ3v) is 3.24. The van der Waals surface area contributed by atoms with Crippen molar-refractivity contribution in [3.8, 4) is 5.75 Å². The van der Waals surface area contributed by atoms with E-state index in [0.29, 0.717) is 16.3 Å². The molecule has 0 radical (unpaired) electrons. The van der Waals surface area contributed by atoms with Crippen molar-refractivity contribution < 1.29 is 14.5 Å². The highest BCUT2D eigenvalue weighted by Gasteiger charge is 2.05. The van der Waals surface area contributed by atoms with E-state index < -0.39 is 10.8 Å². The maximum atomic E-state index is 11.7. The van der Waals surface area contributed by atoms with Gasteiger partial charge in [-0.2, -0.15) is 5.10 Å². The summed E-state index contributed by atoms with van der Waals surface area (Å²) in [5, 5.41) is 14.9. The topological polar surface area (TPSA) is 93.8 Å². The molecule has 0 aliphatic heterocycles. The summed E-state index contributed by atoms with van der Waals surface area (Å²) in [6, 6.07) is 10.9. The number of benzene rings is 2. The second-order valence-corrected chi connectivity index (χ2v) is 5.28. The molecule has 0 spiro atoms. The zero-order chi connectivity index (χ0) is 17.5. The first kappa shape index (κ1) is 17.4. The van der Waals surface area contributed by atoms with Gasteiger partial charge in [0, 0.05) is 17.2 Å². The summed E-state index contributed by atoms with van der Waals surface area (Å²) in [4.78, 5) is 21.7. The first-order chi connectivity index (χ1) is 11.5. The summed E-state index contributed by atoms with van der Waals surface area (Å²) in [6.07, 6.45) is 1.38. The number of non-ortho nitro benzene ring substituents is 1. The van der Waals surface area contributed by atoms with Crippen LogP contribution in [0.3, 0.4) is 0 Å². The summed E-state index contributed by atoms with van der Waals surface area (Å²) in [7, 11) is 0. The molecule has 2 aromatic rings. The lowest BCUT2D eigenvalue weighted by atomic mass is 10.2. The number of nitro benzene ring substituents is 1. The molecule has 2 rings (SSSR count). The molecule has 0 unspecified atom stereocenters. The number of hydrazone groups is 1. The number of nitrogens with zero attached hydrogens (tertiary/aromatic N) is 2. The van der Waals surface area contributed by atoms with Crippen LogP contribution < -0.4 is 10.2 Å². The summed E-state index contributed by atoms with van der Waals surface area (Å²) in [5.41, 5.74) is 3.75. The summed E-state index contributed by atoms with van der Waals surface area (Å²) >= 11 is 5.84. The van der Waals surface area contributed by atoms with Gasteiger partial charge < -0.3 is 4.74 Å². The van der Waals surface area contributed by atoms with E-state index in [1.54, 1.807) is 18.2 Å². The van der Waals surface area contributed by atoms with Crippen molar-refractivity contribution in [1.82, 2.24) is 5.43 Å². The van der Waals surface area contributed by atoms with Crippen molar-refractivity contribution in [2.45, 2.75) is 6.92 Å². The number of ether oxygens (including phenoxy) is 1. The molecule has 0 heterocycles. The van der Waals surface area contributed by atoms with Gasteiger partial charge in [0.15, 0.2) is 6.61 Å². The predicted molar refractivity (Wildman–Crippen MR) is 90.5 cm³/mol. The number of nitrogens with one attached hydrogen (secondary N) is 1. The van der Waals surface area contributed by atoms with Gasteiger partial charge in [0.2, 0.25) is 0 Å². The molecule has 1 N–H and O–H groups in total. The molecular formula is C16H14ClN3O4. The zero-order valence-electron chi connectivity index (χ0n) is 12.7. The molecule has 124 valence electrons. The second-order valence-electron chi connectivity index (χ2n) is 4.84. The Hall–Kier alpha value is -2.93. The van der Waals surface area contributed by atoms with Gasteiger partial charge in [-0.1, -0.05) is 11.6 Å². The first-order valence-electron chi connectivity index (χ1n) is 6.91. The van der Waals surface area contributed by atoms with E-state index in [0.717, 1.165) is 5.56 Å². The molecule has 0 aromatic heterocycles. The Bertz CT molecular complexity index is 775. The Labute approximate surface area is 143 Å². The minimum Gasteiger partial charge on any atom is -0.483 e. The number of carbonyl (C=O) groups is 1. The van der Waals surface area contributed by atoms with Crippen LogP contribution in [0.2, 0.25) is 5.02 Å². The lowest BCUT2D eigenvalue weighted by molar-refractivity contribution is -0.384. The maximum absolute atomic E-state index is 11.7. The number of hydrogen-bond acceptors (Lipinski definition) is 5. The Morgan fingerprint density at radius 2 is 2.04 bits per heavy atom. The van der Waals surface area contributed by atoms with Gasteiger partial charge in [-0.15, -0.1) is 0 Å². The highest BCUT2D eigenvalue weighted by atomic mass is 35.5. The average Bonchev–Trinajstić information content (AvgIpc) is 2.54. The SMILES string of the molecule is Cc1cc(Cl)ccc1OCC(=O)N/N=C\c1ccc([N+](=O)[O-])cc1. The van der Waals surface area contributed by atoms with E-state index in [1.165, 1.54) is 30.5 Å². The van der Waals surface area contributed by atoms with Crippen molar-refractivity contribution in [1.29, 1.82) is 0 Å². The monoisotopic (exact) mass is 347 g/mol. The van der Waals surface area contributed by atoms with Crippen molar-refractivity contribution in [2.24, 2.45) is 5.10 Å². The van der Waals surface area contributed by atoms with E-state index in [4.69, 9.17) is 16.3 Å². The fourth-order valence-electron chi connectivity index (χ4n) is 1.81. The average molecular weight is 348 g/mol. The summed E-state index contributed by atoms with van der Waals surface area (Å²) in [5.74, 6) is 0.136. The number of rotatable bonds is 6. The minimum atomic E-state index is -0.487. The van der Waals surface area contributed by atoms with Gasteiger partial charge in [-0.05, 0) is 48.4 Å². The van der Waals surface area contributed by atoms with Gasteiger partial charge in [-0.3, -0.25) is 14.9 Å². The van der Waals surface area contributed by atoms with Crippen LogP contribution in [-0.2, 0) is 4.79 Å². The maximum Gasteiger partial charge on any atom is 0.277 e. The molecule has 0 atom stereocenters. The van der Waals surface area contributed by atoms with E-state index in [-0.39, 0.29) is 12.3 Å². The molecule has 0 aliphatic carbocycles. The van der Waals surface area contributed by atoms with Gasteiger partial charge in [0.25, 0.3) is 11.6 Å². The molecule has 7 nitrogen and oxygen atoms in total. The van der Waals surface area contributed by atoms with Crippen molar-refractivity contribution >= 4 is 29.4 Å². The van der Waals surface area contributed by atoms with Crippen molar-refractivity contribution in [3.05, 3.63) is 68.7 Å². The highest BCUT2D eigenvalue weighted by Crippen LogP contribution is 2.21. The summed E-state index contributed by atoms with van der Waals surface area (Å²) < 4.78 is 5.38. The Balaban J connectivity index is 1.83. The third kappa shape index (κ3) is 5.06. The molecule has 24 heavy (non-hydrogen) atoms. The number of amides is 1. The fourth-order valence-corrected chi connectivity index (χ4v) is 2.04. The summed E-state index contributed by atoms with van der Waals surface area (Å²) in [6.45, 7) is 1.63. The minimum absolute atomic E-state index is 0.0112. The van der Waals surface area contributed by atoms with Crippen LogP contribution in [0.5, 0.6) is 5.75 Å². The molecule has 0 fully saturated rings. The molecule has 0 bridgehead atoms. The van der Waals surface area contributed by atoms with Gasteiger partial charge in [0.1, 0.15) is 5.75 Å². The van der Waals surface area contributed by atoms with Crippen LogP contribution in [0.15, 0.2) is 47.6 Å². The second kappa shape index (κ2) is 8.07. The normalized spacial score (nSPS) is 10.6. The fraction of sp³-hybridized carbons (Fsp3) is 0.125. The highest BCUT2D eigenvalue weighted by molar-refractivity contribution is 6.30. The van der Waals surface area contributed by atoms with Crippen molar-refractivity contribution in [3.63, 3.8) is 0 Å². The quantitative estimate of drug-likeness (QED) is 0.493. The largest absolute Gasteiger partial charge is 0.483 e. The Kier molecular flexibility index (Phi) is 5.86. The number of nitro groups is 1. The van der Waals surface area contributed by atoms with Gasteiger partial charge >= 0.3 is 0 Å². The zero-order valence-corrected chi connectivity index (χ0v) is 13.5. The predicted octanol–water partition coefficient (Wildman–Crippen LogP) is 3.09. The lowest BCUT2D eigenvalue weighted by Crippen LogP contribution is -2.24. The third-order valence-electron chi connectivity index (χ3n) is 3.00. The smallest absolute Gasteiger partial charge is 0.277 e. The lowest BCUT2D eigenvalue weighted by Gasteiger charge is -2.08. The molecule has 0 saturated carbocycles. The van der Waals surface area contributed by atoms with Crippen LogP contribution >= 0.6 is 11.6 Å².